The maximum absolute atomic E-state index is 5.90. The number of nitrogens with one attached hydrogen (secondary N) is 1. The van der Waals surface area contributed by atoms with Gasteiger partial charge in [-0.3, -0.25) is 5.84 Å². The highest BCUT2D eigenvalue weighted by molar-refractivity contribution is 9.10. The standard InChI is InChI=1S/C14H14BrClN2O/c1-19-13-8-10(15)4-7-12(13)14(18-17)9-2-5-11(16)6-3-9/h2-8,14,18H,17H2,1H3. The monoisotopic (exact) mass is 340 g/mol. The van der Waals surface area contributed by atoms with Gasteiger partial charge in [0.25, 0.3) is 0 Å². The van der Waals surface area contributed by atoms with Gasteiger partial charge in [-0.05, 0) is 29.8 Å². The minimum absolute atomic E-state index is 0.152. The summed E-state index contributed by atoms with van der Waals surface area (Å²) in [5.41, 5.74) is 4.80. The predicted octanol–water partition coefficient (Wildman–Crippen LogP) is 3.66. The fourth-order valence-electron chi connectivity index (χ4n) is 1.94. The van der Waals surface area contributed by atoms with Gasteiger partial charge in [-0.15, -0.1) is 0 Å². The van der Waals surface area contributed by atoms with Crippen molar-refractivity contribution in [1.82, 2.24) is 5.43 Å². The summed E-state index contributed by atoms with van der Waals surface area (Å²) in [6.07, 6.45) is 0. The first kappa shape index (κ1) is 14.3. The number of hydrazine groups is 1. The molecule has 0 saturated heterocycles. The third-order valence-electron chi connectivity index (χ3n) is 2.88. The summed E-state index contributed by atoms with van der Waals surface area (Å²) in [5.74, 6) is 6.46. The smallest absolute Gasteiger partial charge is 0.125 e. The Morgan fingerprint density at radius 1 is 1.21 bits per heavy atom. The van der Waals surface area contributed by atoms with Crippen LogP contribution in [0.1, 0.15) is 17.2 Å². The Labute approximate surface area is 125 Å². The Hall–Kier alpha value is -1.07. The Balaban J connectivity index is 2.44. The SMILES string of the molecule is COc1cc(Br)ccc1C(NN)c1ccc(Cl)cc1. The van der Waals surface area contributed by atoms with E-state index in [0.29, 0.717) is 5.02 Å². The molecule has 0 amide bonds. The van der Waals surface area contributed by atoms with Gasteiger partial charge in [0.15, 0.2) is 0 Å². The van der Waals surface area contributed by atoms with E-state index in [1.54, 1.807) is 7.11 Å². The van der Waals surface area contributed by atoms with Gasteiger partial charge in [0.2, 0.25) is 0 Å². The van der Waals surface area contributed by atoms with E-state index < -0.39 is 0 Å². The summed E-state index contributed by atoms with van der Waals surface area (Å²) in [4.78, 5) is 0. The molecule has 1 unspecified atom stereocenters. The number of hydrogen-bond acceptors (Lipinski definition) is 3. The molecule has 2 rings (SSSR count). The number of rotatable bonds is 4. The minimum Gasteiger partial charge on any atom is -0.496 e. The summed E-state index contributed by atoms with van der Waals surface area (Å²) >= 11 is 9.33. The molecule has 1 atom stereocenters. The molecule has 2 aromatic rings. The van der Waals surface area contributed by atoms with Gasteiger partial charge in [0.1, 0.15) is 5.75 Å². The molecule has 19 heavy (non-hydrogen) atoms. The first-order valence-corrected chi connectivity index (χ1v) is 6.88. The summed E-state index contributed by atoms with van der Waals surface area (Å²) < 4.78 is 6.36. The van der Waals surface area contributed by atoms with Crippen LogP contribution in [-0.2, 0) is 0 Å². The molecule has 5 heteroatoms. The van der Waals surface area contributed by atoms with Gasteiger partial charge in [0.05, 0.1) is 13.2 Å². The van der Waals surface area contributed by atoms with Gasteiger partial charge < -0.3 is 4.74 Å². The van der Waals surface area contributed by atoms with E-state index in [1.165, 1.54) is 0 Å². The van der Waals surface area contributed by atoms with Gasteiger partial charge in [-0.25, -0.2) is 5.43 Å². The number of nitrogens with two attached hydrogens (primary N) is 1. The fraction of sp³-hybridized carbons (Fsp3) is 0.143. The third kappa shape index (κ3) is 3.28. The molecule has 100 valence electrons. The van der Waals surface area contributed by atoms with E-state index in [4.69, 9.17) is 22.2 Å². The van der Waals surface area contributed by atoms with E-state index in [-0.39, 0.29) is 6.04 Å². The largest absolute Gasteiger partial charge is 0.496 e. The van der Waals surface area contributed by atoms with Crippen molar-refractivity contribution in [3.05, 3.63) is 63.1 Å². The second-order valence-corrected chi connectivity index (χ2v) is 5.39. The van der Waals surface area contributed by atoms with Gasteiger partial charge in [-0.1, -0.05) is 45.7 Å². The maximum atomic E-state index is 5.90. The Morgan fingerprint density at radius 3 is 2.47 bits per heavy atom. The summed E-state index contributed by atoms with van der Waals surface area (Å²) in [7, 11) is 1.64. The summed E-state index contributed by atoms with van der Waals surface area (Å²) in [6, 6.07) is 13.2. The molecule has 0 heterocycles. The van der Waals surface area contributed by atoms with E-state index in [1.807, 2.05) is 42.5 Å². The molecule has 0 bridgehead atoms. The number of hydrogen-bond donors (Lipinski definition) is 2. The van der Waals surface area contributed by atoms with Crippen molar-refractivity contribution in [1.29, 1.82) is 0 Å². The van der Waals surface area contributed by atoms with Crippen molar-refractivity contribution in [3.8, 4) is 5.75 Å². The van der Waals surface area contributed by atoms with Gasteiger partial charge in [0, 0.05) is 15.1 Å². The van der Waals surface area contributed by atoms with Crippen molar-refractivity contribution in [3.63, 3.8) is 0 Å². The Kier molecular flexibility index (Phi) is 4.82. The van der Waals surface area contributed by atoms with Crippen LogP contribution in [0.4, 0.5) is 0 Å². The van der Waals surface area contributed by atoms with E-state index in [2.05, 4.69) is 21.4 Å². The average molecular weight is 342 g/mol. The number of methoxy groups -OCH3 is 1. The lowest BCUT2D eigenvalue weighted by atomic mass is 9.98. The van der Waals surface area contributed by atoms with Crippen LogP contribution in [0.5, 0.6) is 5.75 Å². The predicted molar refractivity (Wildman–Crippen MR) is 81.3 cm³/mol. The molecule has 0 fully saturated rings. The second-order valence-electron chi connectivity index (χ2n) is 4.04. The number of benzene rings is 2. The summed E-state index contributed by atoms with van der Waals surface area (Å²) in [5, 5.41) is 0.697. The van der Waals surface area contributed by atoms with Crippen LogP contribution in [-0.4, -0.2) is 7.11 Å². The van der Waals surface area contributed by atoms with Crippen LogP contribution in [0.3, 0.4) is 0 Å². The lowest BCUT2D eigenvalue weighted by Crippen LogP contribution is -2.29. The molecular weight excluding hydrogens is 328 g/mol. The molecule has 0 aliphatic rings. The van der Waals surface area contributed by atoms with Crippen LogP contribution >= 0.6 is 27.5 Å². The Bertz CT molecular complexity index is 560. The fourth-order valence-corrected chi connectivity index (χ4v) is 2.41. The van der Waals surface area contributed by atoms with Gasteiger partial charge in [-0.2, -0.15) is 0 Å². The highest BCUT2D eigenvalue weighted by Crippen LogP contribution is 2.32. The first-order chi connectivity index (χ1) is 9.15. The molecule has 2 aromatic carbocycles. The average Bonchev–Trinajstić information content (AvgIpc) is 2.43. The molecule has 0 radical (unpaired) electrons. The summed E-state index contributed by atoms with van der Waals surface area (Å²) in [6.45, 7) is 0. The highest BCUT2D eigenvalue weighted by Gasteiger charge is 2.17. The molecule has 0 saturated carbocycles. The maximum Gasteiger partial charge on any atom is 0.125 e. The molecule has 3 nitrogen and oxygen atoms in total. The molecular formula is C14H14BrClN2O. The highest BCUT2D eigenvalue weighted by atomic mass is 79.9. The lowest BCUT2D eigenvalue weighted by molar-refractivity contribution is 0.404. The molecule has 0 spiro atoms. The third-order valence-corrected chi connectivity index (χ3v) is 3.62. The van der Waals surface area contributed by atoms with Crippen molar-refractivity contribution >= 4 is 27.5 Å². The van der Waals surface area contributed by atoms with Crippen LogP contribution in [0.2, 0.25) is 5.02 Å². The first-order valence-electron chi connectivity index (χ1n) is 5.70. The van der Waals surface area contributed by atoms with Crippen LogP contribution in [0.25, 0.3) is 0 Å². The van der Waals surface area contributed by atoms with Crippen molar-refractivity contribution < 1.29 is 4.74 Å². The van der Waals surface area contributed by atoms with Crippen LogP contribution < -0.4 is 16.0 Å². The normalized spacial score (nSPS) is 12.2. The van der Waals surface area contributed by atoms with Crippen molar-refractivity contribution in [2.45, 2.75) is 6.04 Å². The number of ether oxygens (including phenoxy) is 1. The quantitative estimate of drug-likeness (QED) is 0.659. The zero-order valence-corrected chi connectivity index (χ0v) is 12.7. The molecule has 0 aromatic heterocycles. The van der Waals surface area contributed by atoms with E-state index in [9.17, 15) is 0 Å². The lowest BCUT2D eigenvalue weighted by Gasteiger charge is -2.19. The van der Waals surface area contributed by atoms with Gasteiger partial charge >= 0.3 is 0 Å². The van der Waals surface area contributed by atoms with Crippen LogP contribution in [0, 0.1) is 0 Å². The topological polar surface area (TPSA) is 47.3 Å². The van der Waals surface area contributed by atoms with E-state index in [0.717, 1.165) is 21.3 Å². The zero-order valence-electron chi connectivity index (χ0n) is 10.4. The van der Waals surface area contributed by atoms with Crippen molar-refractivity contribution in [2.24, 2.45) is 5.84 Å². The molecule has 0 aliphatic heterocycles. The number of halogens is 2. The van der Waals surface area contributed by atoms with E-state index >= 15 is 0 Å². The van der Waals surface area contributed by atoms with Crippen LogP contribution in [0.15, 0.2) is 46.9 Å². The Morgan fingerprint density at radius 2 is 1.89 bits per heavy atom. The molecule has 0 aliphatic carbocycles. The second kappa shape index (κ2) is 6.39. The molecule has 3 N–H and O–H groups in total. The van der Waals surface area contributed by atoms with Crippen molar-refractivity contribution in [2.75, 3.05) is 7.11 Å². The minimum atomic E-state index is -0.152. The zero-order chi connectivity index (χ0) is 13.8.